The number of ether oxygens (including phenoxy) is 1. The number of pyridine rings is 2. The molecule has 0 saturated carbocycles. The fraction of sp³-hybridized carbons (Fsp3) is 0.176. The number of amides is 1. The number of carbonyl (C=O) groups excluding carboxylic acids is 1. The van der Waals surface area contributed by atoms with Gasteiger partial charge >= 0.3 is 0 Å². The van der Waals surface area contributed by atoms with Crippen molar-refractivity contribution in [3.05, 3.63) is 132 Å². The predicted molar refractivity (Wildman–Crippen MR) is 173 cm³/mol. The summed E-state index contributed by atoms with van der Waals surface area (Å²) < 4.78 is 7.78. The molecule has 3 aromatic heterocycles. The molecular weight excluding hydrogens is 556 g/mol. The molecule has 2 N–H and O–H groups in total. The van der Waals surface area contributed by atoms with Crippen molar-refractivity contribution in [1.29, 1.82) is 0 Å². The van der Waals surface area contributed by atoms with E-state index >= 15 is 0 Å². The number of carbonyl (C=O) groups is 1. The van der Waals surface area contributed by atoms with Gasteiger partial charge in [0.2, 0.25) is 0 Å². The van der Waals surface area contributed by atoms with Crippen LogP contribution in [0.15, 0.2) is 103 Å². The van der Waals surface area contributed by atoms with Crippen molar-refractivity contribution in [3.8, 4) is 11.6 Å². The van der Waals surface area contributed by atoms with Crippen molar-refractivity contribution < 1.29 is 9.53 Å². The van der Waals surface area contributed by atoms with E-state index in [9.17, 15) is 4.79 Å². The van der Waals surface area contributed by atoms with Gasteiger partial charge in [-0.15, -0.1) is 0 Å². The van der Waals surface area contributed by atoms with Crippen LogP contribution in [0, 0.1) is 20.8 Å². The first-order valence-corrected chi connectivity index (χ1v) is 14.5. The van der Waals surface area contributed by atoms with E-state index in [1.54, 1.807) is 6.20 Å². The summed E-state index contributed by atoms with van der Waals surface area (Å²) >= 11 is 5.94. The van der Waals surface area contributed by atoms with Gasteiger partial charge in [0.05, 0.1) is 17.8 Å². The van der Waals surface area contributed by atoms with Crippen LogP contribution < -0.4 is 20.3 Å². The highest BCUT2D eigenvalue weighted by Crippen LogP contribution is 2.44. The Morgan fingerprint density at radius 3 is 2.40 bits per heavy atom. The average Bonchev–Trinajstić information content (AvgIpc) is 3.52. The standard InChI is InChI=1S/C34H32N6O2S/c1-22-10-9-19-36-33(22)39-23(2)20-28(24(39)3)32-31(29-13-7-8-18-35-29)38-34(43)40(32)26-16-14-25(15-17-26)37-30(41)21-42-27-11-5-4-6-12-27/h4-20,31-32H,21H2,1-3H3,(H,37,41)(H,38,43)/t31-,32+/m1/s1. The van der Waals surface area contributed by atoms with Crippen molar-refractivity contribution in [2.45, 2.75) is 32.9 Å². The van der Waals surface area contributed by atoms with E-state index in [0.29, 0.717) is 16.5 Å². The van der Waals surface area contributed by atoms with E-state index in [0.717, 1.165) is 39.7 Å². The maximum atomic E-state index is 12.5. The normalized spacial score (nSPS) is 16.2. The highest BCUT2D eigenvalue weighted by molar-refractivity contribution is 7.80. The van der Waals surface area contributed by atoms with Gasteiger partial charge in [-0.2, -0.15) is 0 Å². The van der Waals surface area contributed by atoms with Crippen molar-refractivity contribution in [3.63, 3.8) is 0 Å². The molecule has 1 aliphatic rings. The monoisotopic (exact) mass is 588 g/mol. The summed E-state index contributed by atoms with van der Waals surface area (Å²) in [7, 11) is 0. The van der Waals surface area contributed by atoms with E-state index in [1.165, 1.54) is 0 Å². The lowest BCUT2D eigenvalue weighted by Gasteiger charge is -2.28. The molecule has 5 aromatic rings. The second-order valence-electron chi connectivity index (χ2n) is 10.5. The molecule has 1 saturated heterocycles. The number of nitrogens with one attached hydrogen (secondary N) is 2. The molecule has 4 heterocycles. The maximum Gasteiger partial charge on any atom is 0.262 e. The summed E-state index contributed by atoms with van der Waals surface area (Å²) in [6.07, 6.45) is 3.63. The zero-order chi connectivity index (χ0) is 29.9. The number of thiocarbonyl (C=S) groups is 1. The topological polar surface area (TPSA) is 84.3 Å². The molecule has 1 fully saturated rings. The minimum Gasteiger partial charge on any atom is -0.484 e. The van der Waals surface area contributed by atoms with Crippen molar-refractivity contribution in [2.24, 2.45) is 0 Å². The summed E-state index contributed by atoms with van der Waals surface area (Å²) in [5, 5.41) is 7.05. The Bertz CT molecular complexity index is 1760. The number of benzene rings is 2. The van der Waals surface area contributed by atoms with Gasteiger partial charge < -0.3 is 24.8 Å². The van der Waals surface area contributed by atoms with Gasteiger partial charge in [-0.3, -0.25) is 9.78 Å². The smallest absolute Gasteiger partial charge is 0.262 e. The van der Waals surface area contributed by atoms with E-state index in [2.05, 4.69) is 58.0 Å². The average molecular weight is 589 g/mol. The van der Waals surface area contributed by atoms with Crippen molar-refractivity contribution >= 4 is 34.6 Å². The molecule has 0 bridgehead atoms. The van der Waals surface area contributed by atoms with Crippen LogP contribution in [0.4, 0.5) is 11.4 Å². The van der Waals surface area contributed by atoms with E-state index in [4.69, 9.17) is 21.9 Å². The highest BCUT2D eigenvalue weighted by atomic mass is 32.1. The van der Waals surface area contributed by atoms with Crippen LogP contribution in [0.25, 0.3) is 5.82 Å². The Labute approximate surface area is 256 Å². The van der Waals surface area contributed by atoms with Crippen LogP contribution in [0.5, 0.6) is 5.75 Å². The Balaban J connectivity index is 1.31. The van der Waals surface area contributed by atoms with Gasteiger partial charge in [-0.1, -0.05) is 30.3 Å². The minimum atomic E-state index is -0.236. The van der Waals surface area contributed by atoms with Crippen LogP contribution in [0.3, 0.4) is 0 Å². The summed E-state index contributed by atoms with van der Waals surface area (Å²) in [6.45, 7) is 6.22. The molecule has 0 spiro atoms. The third-order valence-electron chi connectivity index (χ3n) is 7.62. The fourth-order valence-corrected chi connectivity index (χ4v) is 5.99. The fourth-order valence-electron chi connectivity index (χ4n) is 5.64. The largest absolute Gasteiger partial charge is 0.484 e. The molecule has 8 nitrogen and oxygen atoms in total. The third-order valence-corrected chi connectivity index (χ3v) is 7.94. The minimum absolute atomic E-state index is 0.0783. The molecule has 2 atom stereocenters. The Hall–Kier alpha value is -5.02. The predicted octanol–water partition coefficient (Wildman–Crippen LogP) is 6.39. The van der Waals surface area contributed by atoms with E-state index in [-0.39, 0.29) is 24.6 Å². The quantitative estimate of drug-likeness (QED) is 0.203. The Kier molecular flexibility index (Phi) is 7.89. The number of hydrogen-bond acceptors (Lipinski definition) is 5. The number of para-hydroxylation sites is 1. The molecule has 43 heavy (non-hydrogen) atoms. The highest BCUT2D eigenvalue weighted by Gasteiger charge is 2.42. The molecule has 0 radical (unpaired) electrons. The van der Waals surface area contributed by atoms with Crippen LogP contribution >= 0.6 is 12.2 Å². The zero-order valence-corrected chi connectivity index (χ0v) is 25.0. The molecular formula is C34H32N6O2S. The molecule has 1 amide bonds. The Morgan fingerprint density at radius 2 is 1.67 bits per heavy atom. The first-order valence-electron chi connectivity index (χ1n) is 14.1. The van der Waals surface area contributed by atoms with Gasteiger partial charge in [0.1, 0.15) is 11.6 Å². The molecule has 2 aromatic carbocycles. The SMILES string of the molecule is Cc1cccnc1-n1c(C)cc([C@H]2[C@@H](c3ccccn3)NC(=S)N2c2ccc(NC(=O)COc3ccccc3)cc2)c1C. The first-order chi connectivity index (χ1) is 20.9. The van der Waals surface area contributed by atoms with Crippen LogP contribution in [0.1, 0.15) is 40.3 Å². The van der Waals surface area contributed by atoms with E-state index < -0.39 is 0 Å². The van der Waals surface area contributed by atoms with Gasteiger partial charge in [-0.25, -0.2) is 4.98 Å². The summed E-state index contributed by atoms with van der Waals surface area (Å²) in [5.41, 5.74) is 6.87. The van der Waals surface area contributed by atoms with Gasteiger partial charge in [0.15, 0.2) is 11.7 Å². The second kappa shape index (κ2) is 12.1. The van der Waals surface area contributed by atoms with Crippen molar-refractivity contribution in [1.82, 2.24) is 19.9 Å². The number of rotatable bonds is 8. The molecule has 0 unspecified atom stereocenters. The molecule has 216 valence electrons. The number of aryl methyl sites for hydroxylation is 2. The van der Waals surface area contributed by atoms with Crippen LogP contribution in [-0.4, -0.2) is 32.2 Å². The summed E-state index contributed by atoms with van der Waals surface area (Å²) in [6, 6.07) is 28.8. The maximum absolute atomic E-state index is 12.5. The molecule has 9 heteroatoms. The van der Waals surface area contributed by atoms with Gasteiger partial charge in [-0.05, 0) is 105 Å². The summed E-state index contributed by atoms with van der Waals surface area (Å²) in [4.78, 5) is 24.1. The van der Waals surface area contributed by atoms with Gasteiger partial charge in [0.25, 0.3) is 5.91 Å². The first kappa shape index (κ1) is 28.1. The molecule has 6 rings (SSSR count). The van der Waals surface area contributed by atoms with Gasteiger partial charge in [0, 0.05) is 35.2 Å². The number of anilines is 2. The van der Waals surface area contributed by atoms with Crippen LogP contribution in [-0.2, 0) is 4.79 Å². The third kappa shape index (κ3) is 5.72. The molecule has 0 aliphatic carbocycles. The van der Waals surface area contributed by atoms with Crippen LogP contribution in [0.2, 0.25) is 0 Å². The molecule has 1 aliphatic heterocycles. The Morgan fingerprint density at radius 1 is 0.930 bits per heavy atom. The number of nitrogens with zero attached hydrogens (tertiary/aromatic N) is 4. The van der Waals surface area contributed by atoms with E-state index in [1.807, 2.05) is 85.1 Å². The lowest BCUT2D eigenvalue weighted by Crippen LogP contribution is -2.29. The number of aromatic nitrogens is 3. The lowest BCUT2D eigenvalue weighted by atomic mass is 9.96. The second-order valence-corrected chi connectivity index (χ2v) is 10.9. The lowest BCUT2D eigenvalue weighted by molar-refractivity contribution is -0.118. The van der Waals surface area contributed by atoms with Crippen molar-refractivity contribution in [2.75, 3.05) is 16.8 Å². The summed E-state index contributed by atoms with van der Waals surface area (Å²) in [5.74, 6) is 1.32. The zero-order valence-electron chi connectivity index (χ0n) is 24.2. The number of hydrogen-bond donors (Lipinski definition) is 2.